The van der Waals surface area contributed by atoms with Crippen molar-refractivity contribution in [2.24, 2.45) is 0 Å². The van der Waals surface area contributed by atoms with E-state index in [0.29, 0.717) is 0 Å². The molecule has 0 saturated carbocycles. The van der Waals surface area contributed by atoms with Crippen LogP contribution in [0.3, 0.4) is 0 Å². The van der Waals surface area contributed by atoms with Gasteiger partial charge in [0, 0.05) is 5.56 Å². The van der Waals surface area contributed by atoms with Crippen LogP contribution in [-0.4, -0.2) is 0 Å². The first-order valence-corrected chi connectivity index (χ1v) is 12.4. The van der Waals surface area contributed by atoms with Crippen molar-refractivity contribution in [2.45, 2.75) is 13.8 Å². The smallest absolute Gasteiger partial charge is 0.206 e. The third-order valence-corrected chi connectivity index (χ3v) is 6.87. The van der Waals surface area contributed by atoms with Gasteiger partial charge in [0.15, 0.2) is 0 Å². The van der Waals surface area contributed by atoms with Crippen LogP contribution >= 0.6 is 0 Å². The quantitative estimate of drug-likeness (QED) is 0.237. The largest absolute Gasteiger partial charge is 0.369 e. The lowest BCUT2D eigenvalue weighted by Crippen LogP contribution is -1.93. The van der Waals surface area contributed by atoms with Gasteiger partial charge < -0.3 is 0 Å². The van der Waals surface area contributed by atoms with Crippen molar-refractivity contribution in [2.75, 3.05) is 0 Å². The van der Waals surface area contributed by atoms with E-state index in [2.05, 4.69) is 129 Å². The van der Waals surface area contributed by atoms with Crippen molar-refractivity contribution in [3.8, 4) is 56.0 Å². The molecule has 0 saturated heterocycles. The molecule has 0 spiro atoms. The number of benzene rings is 3. The summed E-state index contributed by atoms with van der Waals surface area (Å²) in [6, 6.07) is 44.7. The van der Waals surface area contributed by atoms with Gasteiger partial charge in [-0.15, -0.1) is 0 Å². The Bertz CT molecular complexity index is 1620. The van der Waals surface area contributed by atoms with E-state index in [0.717, 1.165) is 33.8 Å². The molecule has 1 heterocycles. The normalized spacial score (nSPS) is 11.1. The van der Waals surface area contributed by atoms with Gasteiger partial charge in [-0.25, -0.2) is 4.42 Å². The highest BCUT2D eigenvalue weighted by atomic mass is 16.3. The molecule has 172 valence electrons. The molecule has 2 aliphatic carbocycles. The molecule has 1 heteroatoms. The fourth-order valence-electron chi connectivity index (χ4n) is 5.15. The van der Waals surface area contributed by atoms with Crippen LogP contribution in [0.2, 0.25) is 0 Å². The summed E-state index contributed by atoms with van der Waals surface area (Å²) in [6.45, 7) is 4.41. The van der Waals surface area contributed by atoms with E-state index in [1.54, 1.807) is 0 Å². The van der Waals surface area contributed by atoms with E-state index in [1.807, 2.05) is 12.1 Å². The summed E-state index contributed by atoms with van der Waals surface area (Å²) in [5.74, 6) is 1.73. The lowest BCUT2D eigenvalue weighted by atomic mass is 9.89. The van der Waals surface area contributed by atoms with Gasteiger partial charge in [0.2, 0.25) is 0 Å². The van der Waals surface area contributed by atoms with Crippen LogP contribution in [0.1, 0.15) is 11.1 Å². The summed E-state index contributed by atoms with van der Waals surface area (Å²) in [4.78, 5) is 0. The van der Waals surface area contributed by atoms with Crippen LogP contribution in [0.15, 0.2) is 132 Å². The molecule has 0 aliphatic heterocycles. The zero-order chi connectivity index (χ0) is 24.5. The minimum Gasteiger partial charge on any atom is -0.206 e. The Balaban J connectivity index is 1.77. The number of hydrogen-bond donors (Lipinski definition) is 0. The maximum Gasteiger partial charge on any atom is 0.369 e. The zero-order valence-electron chi connectivity index (χ0n) is 20.5. The van der Waals surface area contributed by atoms with Crippen molar-refractivity contribution < 1.29 is 4.42 Å². The highest BCUT2D eigenvalue weighted by Crippen LogP contribution is 2.48. The molecule has 0 atom stereocenters. The van der Waals surface area contributed by atoms with Gasteiger partial charge in [0.1, 0.15) is 0 Å². The number of aryl methyl sites for hydroxylation is 2. The minimum atomic E-state index is 0.856. The van der Waals surface area contributed by atoms with Gasteiger partial charge >= 0.3 is 11.5 Å². The maximum atomic E-state index is 6.76. The molecule has 1 aromatic heterocycles. The fourth-order valence-corrected chi connectivity index (χ4v) is 5.15. The predicted molar refractivity (Wildman–Crippen MR) is 151 cm³/mol. The molecule has 6 rings (SSSR count). The van der Waals surface area contributed by atoms with E-state index >= 15 is 0 Å². The van der Waals surface area contributed by atoms with Crippen LogP contribution in [0.4, 0.5) is 0 Å². The van der Waals surface area contributed by atoms with Crippen molar-refractivity contribution in [3.05, 3.63) is 139 Å². The van der Waals surface area contributed by atoms with Gasteiger partial charge in [-0.1, -0.05) is 97.1 Å². The van der Waals surface area contributed by atoms with E-state index in [4.69, 9.17) is 4.42 Å². The van der Waals surface area contributed by atoms with Crippen molar-refractivity contribution in [1.29, 1.82) is 0 Å². The highest BCUT2D eigenvalue weighted by molar-refractivity contribution is 6.00. The van der Waals surface area contributed by atoms with Crippen LogP contribution < -0.4 is 0 Å². The molecule has 0 amide bonds. The molecule has 0 unspecified atom stereocenters. The molecule has 2 aliphatic rings. The van der Waals surface area contributed by atoms with E-state index in [1.165, 1.54) is 33.4 Å². The zero-order valence-corrected chi connectivity index (χ0v) is 20.5. The molecular weight excluding hydrogens is 436 g/mol. The standard InChI is InChI=1S/C35H27O/c1-24-14-12-13-21-29-25(2)22-30(33(24)29)31-23-32(26-15-6-3-7-16-26)36-35(28-19-10-5-11-20-28)34(31)27-17-8-4-9-18-27/h3-23H,1-2H3/q+1. The minimum absolute atomic E-state index is 0.856. The number of rotatable bonds is 4. The number of fused-ring (bicyclic) bond motifs is 1. The number of hydrogen-bond acceptors (Lipinski definition) is 0. The van der Waals surface area contributed by atoms with Crippen LogP contribution in [0.25, 0.3) is 56.0 Å². The Labute approximate surface area is 212 Å². The molecule has 4 aromatic rings. The molecule has 3 aromatic carbocycles. The Morgan fingerprint density at radius 3 is 1.61 bits per heavy atom. The van der Waals surface area contributed by atoms with Crippen molar-refractivity contribution in [1.82, 2.24) is 0 Å². The van der Waals surface area contributed by atoms with Gasteiger partial charge in [-0.2, -0.15) is 0 Å². The SMILES string of the molecule is Cc1cc(-c2cc(-c3ccccc3)[o+]c(-c3ccccc3)c2-c2ccccc2)c2c(C)ccccc1-2. The monoisotopic (exact) mass is 463 g/mol. The highest BCUT2D eigenvalue weighted by Gasteiger charge is 2.30. The summed E-state index contributed by atoms with van der Waals surface area (Å²) in [5, 5.41) is 0. The molecule has 36 heavy (non-hydrogen) atoms. The molecule has 0 bridgehead atoms. The van der Waals surface area contributed by atoms with E-state index < -0.39 is 0 Å². The topological polar surface area (TPSA) is 11.3 Å². The molecule has 0 fully saturated rings. The van der Waals surface area contributed by atoms with Crippen molar-refractivity contribution >= 4 is 0 Å². The third kappa shape index (κ3) is 3.89. The summed E-state index contributed by atoms with van der Waals surface area (Å²) < 4.78 is 6.76. The lowest BCUT2D eigenvalue weighted by molar-refractivity contribution is 0.584. The van der Waals surface area contributed by atoms with Gasteiger partial charge in [0.25, 0.3) is 0 Å². The van der Waals surface area contributed by atoms with E-state index in [-0.39, 0.29) is 0 Å². The Morgan fingerprint density at radius 2 is 0.944 bits per heavy atom. The van der Waals surface area contributed by atoms with Crippen LogP contribution in [0.5, 0.6) is 0 Å². The Kier molecular flexibility index (Phi) is 5.67. The second-order valence-corrected chi connectivity index (χ2v) is 9.26. The first-order chi connectivity index (χ1) is 17.7. The average molecular weight is 464 g/mol. The lowest BCUT2D eigenvalue weighted by Gasteiger charge is -2.12. The van der Waals surface area contributed by atoms with Crippen LogP contribution in [0, 0.1) is 13.8 Å². The summed E-state index contributed by atoms with van der Waals surface area (Å²) in [5.41, 5.74) is 11.9. The summed E-state index contributed by atoms with van der Waals surface area (Å²) in [6.07, 6.45) is 0. The van der Waals surface area contributed by atoms with Gasteiger partial charge in [0.05, 0.1) is 22.8 Å². The molecule has 0 N–H and O–H groups in total. The maximum absolute atomic E-state index is 6.76. The summed E-state index contributed by atoms with van der Waals surface area (Å²) >= 11 is 0. The fraction of sp³-hybridized carbons (Fsp3) is 0.0571. The summed E-state index contributed by atoms with van der Waals surface area (Å²) in [7, 11) is 0. The first kappa shape index (κ1) is 22.0. The average Bonchev–Trinajstić information content (AvgIpc) is 3.14. The molecular formula is C35H27O+. The second-order valence-electron chi connectivity index (χ2n) is 9.26. The van der Waals surface area contributed by atoms with Crippen LogP contribution in [-0.2, 0) is 0 Å². The van der Waals surface area contributed by atoms with Gasteiger partial charge in [-0.05, 0) is 71.5 Å². The predicted octanol–water partition coefficient (Wildman–Crippen LogP) is 9.95. The second kappa shape index (κ2) is 9.28. The Morgan fingerprint density at radius 1 is 0.417 bits per heavy atom. The molecule has 1 nitrogen and oxygen atoms in total. The first-order valence-electron chi connectivity index (χ1n) is 12.4. The molecule has 0 radical (unpaired) electrons. The Hall–Kier alpha value is -4.49. The van der Waals surface area contributed by atoms with Crippen molar-refractivity contribution in [3.63, 3.8) is 0 Å². The van der Waals surface area contributed by atoms with E-state index in [9.17, 15) is 0 Å². The third-order valence-electron chi connectivity index (χ3n) is 6.87. The van der Waals surface area contributed by atoms with Gasteiger partial charge in [-0.3, -0.25) is 0 Å².